The van der Waals surface area contributed by atoms with Crippen LogP contribution in [-0.2, 0) is 0 Å². The van der Waals surface area contributed by atoms with Crippen molar-refractivity contribution in [3.63, 3.8) is 0 Å². The zero-order valence-electron chi connectivity index (χ0n) is 15.4. The maximum absolute atomic E-state index is 12.7. The van der Waals surface area contributed by atoms with Crippen LogP contribution < -0.4 is 10.1 Å². The van der Waals surface area contributed by atoms with E-state index in [1.807, 2.05) is 67.6 Å². The fourth-order valence-corrected chi connectivity index (χ4v) is 2.80. The van der Waals surface area contributed by atoms with E-state index < -0.39 is 0 Å². The van der Waals surface area contributed by atoms with Crippen LogP contribution in [-0.4, -0.2) is 28.0 Å². The standard InChI is InChI=1S/C21H18N4O3/c1-14-7-12-20(28-14)17-5-3-4-6-18(17)22-21(26)19-13-25(24-23-19)15-8-10-16(27-2)11-9-15/h3-13H,1-2H3,(H,22,26). The molecule has 0 aliphatic carbocycles. The number of carbonyl (C=O) groups excluding carboxylic acids is 1. The van der Waals surface area contributed by atoms with E-state index in [1.54, 1.807) is 13.3 Å². The van der Waals surface area contributed by atoms with Crippen molar-refractivity contribution in [1.82, 2.24) is 15.0 Å². The summed E-state index contributed by atoms with van der Waals surface area (Å²) in [6.45, 7) is 1.88. The van der Waals surface area contributed by atoms with Crippen molar-refractivity contribution in [3.8, 4) is 22.8 Å². The Hall–Kier alpha value is -3.87. The number of furan rings is 1. The number of nitrogens with zero attached hydrogens (tertiary/aromatic N) is 3. The number of aryl methyl sites for hydroxylation is 1. The molecule has 0 aliphatic heterocycles. The molecule has 0 saturated carbocycles. The molecule has 0 unspecified atom stereocenters. The highest BCUT2D eigenvalue weighted by Crippen LogP contribution is 2.29. The summed E-state index contributed by atoms with van der Waals surface area (Å²) < 4.78 is 12.4. The monoisotopic (exact) mass is 374 g/mol. The second-order valence-electron chi connectivity index (χ2n) is 6.16. The van der Waals surface area contributed by atoms with Gasteiger partial charge in [-0.25, -0.2) is 4.68 Å². The third-order valence-corrected chi connectivity index (χ3v) is 4.24. The molecule has 0 atom stereocenters. The summed E-state index contributed by atoms with van der Waals surface area (Å²) in [5, 5.41) is 10.9. The van der Waals surface area contributed by atoms with Crippen molar-refractivity contribution >= 4 is 11.6 Å². The Morgan fingerprint density at radius 2 is 1.86 bits per heavy atom. The summed E-state index contributed by atoms with van der Waals surface area (Å²) in [5.41, 5.74) is 2.42. The van der Waals surface area contributed by atoms with Crippen LogP contribution >= 0.6 is 0 Å². The molecular weight excluding hydrogens is 356 g/mol. The van der Waals surface area contributed by atoms with Gasteiger partial charge in [-0.05, 0) is 55.5 Å². The number of methoxy groups -OCH3 is 1. The topological polar surface area (TPSA) is 82.2 Å². The number of aromatic nitrogens is 3. The van der Waals surface area contributed by atoms with E-state index in [0.29, 0.717) is 11.4 Å². The van der Waals surface area contributed by atoms with Gasteiger partial charge in [-0.15, -0.1) is 5.10 Å². The predicted octanol–water partition coefficient (Wildman–Crippen LogP) is 4.10. The van der Waals surface area contributed by atoms with E-state index in [1.165, 1.54) is 4.68 Å². The van der Waals surface area contributed by atoms with E-state index >= 15 is 0 Å². The minimum absolute atomic E-state index is 0.209. The average molecular weight is 374 g/mol. The van der Waals surface area contributed by atoms with Gasteiger partial charge < -0.3 is 14.5 Å². The lowest BCUT2D eigenvalue weighted by Crippen LogP contribution is -2.13. The maximum Gasteiger partial charge on any atom is 0.277 e. The molecule has 0 bridgehead atoms. The Balaban J connectivity index is 1.56. The van der Waals surface area contributed by atoms with Gasteiger partial charge in [-0.1, -0.05) is 17.3 Å². The number of hydrogen-bond donors (Lipinski definition) is 1. The van der Waals surface area contributed by atoms with Gasteiger partial charge in [0.25, 0.3) is 5.91 Å². The van der Waals surface area contributed by atoms with Gasteiger partial charge in [-0.3, -0.25) is 4.79 Å². The number of ether oxygens (including phenoxy) is 1. The van der Waals surface area contributed by atoms with E-state index in [0.717, 1.165) is 22.8 Å². The van der Waals surface area contributed by atoms with Crippen LogP contribution in [0.25, 0.3) is 17.0 Å². The molecule has 0 radical (unpaired) electrons. The second kappa shape index (κ2) is 7.40. The van der Waals surface area contributed by atoms with Crippen molar-refractivity contribution in [3.05, 3.63) is 78.3 Å². The summed E-state index contributed by atoms with van der Waals surface area (Å²) in [6, 6.07) is 18.5. The molecule has 2 heterocycles. The lowest BCUT2D eigenvalue weighted by Gasteiger charge is -2.08. The number of anilines is 1. The van der Waals surface area contributed by atoms with E-state index in [9.17, 15) is 4.79 Å². The van der Waals surface area contributed by atoms with Crippen LogP contribution in [0.4, 0.5) is 5.69 Å². The zero-order chi connectivity index (χ0) is 19.5. The first-order valence-corrected chi connectivity index (χ1v) is 8.68. The SMILES string of the molecule is COc1ccc(-n2cc(C(=O)Nc3ccccc3-c3ccc(C)o3)nn2)cc1. The lowest BCUT2D eigenvalue weighted by atomic mass is 10.1. The van der Waals surface area contributed by atoms with Gasteiger partial charge in [0.15, 0.2) is 5.69 Å². The Labute approximate surface area is 161 Å². The third kappa shape index (κ3) is 3.50. The highest BCUT2D eigenvalue weighted by molar-refractivity contribution is 6.04. The van der Waals surface area contributed by atoms with Crippen LogP contribution in [0, 0.1) is 6.92 Å². The number of hydrogen-bond acceptors (Lipinski definition) is 5. The van der Waals surface area contributed by atoms with E-state index in [-0.39, 0.29) is 11.6 Å². The number of amides is 1. The van der Waals surface area contributed by atoms with E-state index in [2.05, 4.69) is 15.6 Å². The summed E-state index contributed by atoms with van der Waals surface area (Å²) in [5.74, 6) is 1.89. The normalized spacial score (nSPS) is 10.6. The molecule has 0 saturated heterocycles. The molecule has 7 heteroatoms. The Bertz CT molecular complexity index is 1110. The van der Waals surface area contributed by atoms with Crippen LogP contribution in [0.3, 0.4) is 0 Å². The fourth-order valence-electron chi connectivity index (χ4n) is 2.80. The number of benzene rings is 2. The van der Waals surface area contributed by atoms with Gasteiger partial charge in [0.05, 0.1) is 24.7 Å². The first kappa shape index (κ1) is 17.5. The fraction of sp³-hybridized carbons (Fsp3) is 0.0952. The molecule has 0 spiro atoms. The molecule has 0 aliphatic rings. The molecule has 4 rings (SSSR count). The number of carbonyl (C=O) groups is 1. The Morgan fingerprint density at radius 3 is 2.57 bits per heavy atom. The largest absolute Gasteiger partial charge is 0.497 e. The van der Waals surface area contributed by atoms with E-state index in [4.69, 9.17) is 9.15 Å². The van der Waals surface area contributed by atoms with Gasteiger partial charge in [0.2, 0.25) is 0 Å². The Kier molecular flexibility index (Phi) is 4.63. The summed E-state index contributed by atoms with van der Waals surface area (Å²) in [6.07, 6.45) is 1.58. The highest BCUT2D eigenvalue weighted by Gasteiger charge is 2.15. The van der Waals surface area contributed by atoms with Gasteiger partial charge in [0.1, 0.15) is 17.3 Å². The van der Waals surface area contributed by atoms with Crippen molar-refractivity contribution in [2.45, 2.75) is 6.92 Å². The summed E-state index contributed by atoms with van der Waals surface area (Å²) in [7, 11) is 1.61. The van der Waals surface area contributed by atoms with Crippen molar-refractivity contribution in [2.24, 2.45) is 0 Å². The quantitative estimate of drug-likeness (QED) is 0.569. The summed E-state index contributed by atoms with van der Waals surface area (Å²) in [4.78, 5) is 12.7. The second-order valence-corrected chi connectivity index (χ2v) is 6.16. The molecule has 2 aromatic heterocycles. The van der Waals surface area contributed by atoms with Crippen LogP contribution in [0.1, 0.15) is 16.2 Å². The molecular formula is C21H18N4O3. The number of nitrogens with one attached hydrogen (secondary N) is 1. The molecule has 0 fully saturated rings. The summed E-state index contributed by atoms with van der Waals surface area (Å²) >= 11 is 0. The molecule has 7 nitrogen and oxygen atoms in total. The minimum Gasteiger partial charge on any atom is -0.497 e. The van der Waals surface area contributed by atoms with Crippen LogP contribution in [0.15, 0.2) is 71.3 Å². The highest BCUT2D eigenvalue weighted by atomic mass is 16.5. The first-order valence-electron chi connectivity index (χ1n) is 8.68. The number of rotatable bonds is 5. The molecule has 28 heavy (non-hydrogen) atoms. The van der Waals surface area contributed by atoms with Crippen molar-refractivity contribution in [1.29, 1.82) is 0 Å². The minimum atomic E-state index is -0.351. The lowest BCUT2D eigenvalue weighted by molar-refractivity contribution is 0.102. The molecule has 1 N–H and O–H groups in total. The van der Waals surface area contributed by atoms with Gasteiger partial charge in [0, 0.05) is 5.56 Å². The molecule has 1 amide bonds. The third-order valence-electron chi connectivity index (χ3n) is 4.24. The van der Waals surface area contributed by atoms with Crippen LogP contribution in [0.2, 0.25) is 0 Å². The smallest absolute Gasteiger partial charge is 0.277 e. The predicted molar refractivity (Wildman–Crippen MR) is 105 cm³/mol. The van der Waals surface area contributed by atoms with Crippen molar-refractivity contribution in [2.75, 3.05) is 12.4 Å². The number of para-hydroxylation sites is 1. The van der Waals surface area contributed by atoms with Crippen molar-refractivity contribution < 1.29 is 13.9 Å². The first-order chi connectivity index (χ1) is 13.6. The van der Waals surface area contributed by atoms with Gasteiger partial charge in [-0.2, -0.15) is 0 Å². The molecule has 140 valence electrons. The maximum atomic E-state index is 12.7. The molecule has 2 aromatic carbocycles. The zero-order valence-corrected chi connectivity index (χ0v) is 15.4. The van der Waals surface area contributed by atoms with Crippen LogP contribution in [0.5, 0.6) is 5.75 Å². The Morgan fingerprint density at radius 1 is 1.07 bits per heavy atom. The molecule has 4 aromatic rings. The average Bonchev–Trinajstić information content (AvgIpc) is 3.38. The van der Waals surface area contributed by atoms with Gasteiger partial charge >= 0.3 is 0 Å².